The molecule has 3 aromatic rings. The first-order valence-electron chi connectivity index (χ1n) is 11.9. The smallest absolute Gasteiger partial charge is 0.265 e. The van der Waals surface area contributed by atoms with Gasteiger partial charge in [0.25, 0.3) is 25.2 Å². The van der Waals surface area contributed by atoms with E-state index in [-0.39, 0.29) is 11.5 Å². The molecule has 0 radical (unpaired) electrons. The maximum Gasteiger partial charge on any atom is 0.265 e. The molecule has 0 bridgehead atoms. The molecule has 0 unspecified atom stereocenters. The number of thiazole rings is 1. The highest BCUT2D eigenvalue weighted by molar-refractivity contribution is 8.03. The fraction of sp³-hybridized carbons (Fsp3) is 0.269. The Hall–Kier alpha value is -2.48. The summed E-state index contributed by atoms with van der Waals surface area (Å²) in [5.74, 6) is -0.582. The SMILES string of the molecule is CC(C=Cc1sc2ccccc2[n+]1CCCS(=O)(=O)O)=CC=C1Sc2ccccc2N1CCCS(=O)(=O)O. The molecule has 0 saturated carbocycles. The maximum absolute atomic E-state index is 11.2. The molecule has 8 nitrogen and oxygen atoms in total. The quantitative estimate of drug-likeness (QED) is 0.178. The van der Waals surface area contributed by atoms with Crippen molar-refractivity contribution in [1.29, 1.82) is 0 Å². The number of hydrogen-bond donors (Lipinski definition) is 2. The van der Waals surface area contributed by atoms with E-state index in [2.05, 4.69) is 9.47 Å². The van der Waals surface area contributed by atoms with Crippen LogP contribution in [0.1, 0.15) is 24.8 Å². The first-order chi connectivity index (χ1) is 18.0. The predicted octanol–water partition coefficient (Wildman–Crippen LogP) is 5.16. The Balaban J connectivity index is 1.53. The van der Waals surface area contributed by atoms with Crippen molar-refractivity contribution in [2.24, 2.45) is 0 Å². The molecule has 0 fully saturated rings. The van der Waals surface area contributed by atoms with E-state index in [0.717, 1.165) is 36.4 Å². The van der Waals surface area contributed by atoms with Crippen molar-refractivity contribution >= 4 is 65.3 Å². The second-order valence-corrected chi connectivity index (χ2v) is 14.1. The van der Waals surface area contributed by atoms with Gasteiger partial charge in [0.1, 0.15) is 4.70 Å². The highest BCUT2D eigenvalue weighted by Crippen LogP contribution is 2.45. The Morgan fingerprint density at radius 2 is 1.66 bits per heavy atom. The minimum absolute atomic E-state index is 0.291. The van der Waals surface area contributed by atoms with Gasteiger partial charge in [-0.3, -0.25) is 9.11 Å². The molecule has 1 aliphatic rings. The molecule has 0 saturated heterocycles. The molecule has 2 N–H and O–H groups in total. The minimum atomic E-state index is -4.01. The first-order valence-corrected chi connectivity index (χ1v) is 16.8. The average molecular weight is 594 g/mol. The van der Waals surface area contributed by atoms with Gasteiger partial charge in [0.15, 0.2) is 6.54 Å². The number of fused-ring (bicyclic) bond motifs is 2. The highest BCUT2D eigenvalue weighted by atomic mass is 32.2. The molecule has 0 atom stereocenters. The van der Waals surface area contributed by atoms with Crippen LogP contribution in [0.25, 0.3) is 16.3 Å². The summed E-state index contributed by atoms with van der Waals surface area (Å²) in [5, 5.41) is 1.94. The second-order valence-electron chi connectivity index (χ2n) is 8.81. The average Bonchev–Trinajstić information content (AvgIpc) is 3.38. The summed E-state index contributed by atoms with van der Waals surface area (Å²) in [6.07, 6.45) is 8.60. The molecule has 1 aliphatic heterocycles. The number of aromatic nitrogens is 1. The van der Waals surface area contributed by atoms with Gasteiger partial charge in [-0.05, 0) is 37.6 Å². The predicted molar refractivity (Wildman–Crippen MR) is 155 cm³/mol. The van der Waals surface area contributed by atoms with Crippen molar-refractivity contribution in [3.63, 3.8) is 0 Å². The lowest BCUT2D eigenvalue weighted by molar-refractivity contribution is -0.668. The van der Waals surface area contributed by atoms with E-state index in [4.69, 9.17) is 9.11 Å². The normalized spacial score (nSPS) is 15.7. The Labute approximate surface area is 231 Å². The largest absolute Gasteiger partial charge is 0.335 e. The van der Waals surface area contributed by atoms with Crippen LogP contribution in [0.3, 0.4) is 0 Å². The van der Waals surface area contributed by atoms with E-state index in [1.165, 1.54) is 0 Å². The van der Waals surface area contributed by atoms with Gasteiger partial charge in [0, 0.05) is 30.0 Å². The molecule has 0 amide bonds. The molecule has 1 aromatic heterocycles. The number of rotatable bonds is 11. The molecular formula is C26H29N2O6S4+. The van der Waals surface area contributed by atoms with Crippen molar-refractivity contribution in [2.45, 2.75) is 31.2 Å². The van der Waals surface area contributed by atoms with Crippen LogP contribution in [0.4, 0.5) is 5.69 Å². The van der Waals surface area contributed by atoms with Gasteiger partial charge in [-0.2, -0.15) is 21.4 Å². The standard InChI is InChI=1S/C26H28N2O6S4/c1-20(12-14-25-27(16-6-18-37(29,30)31)21-8-2-4-10-23(21)35-25)13-15-26-28(17-7-19-38(32,33)34)22-9-3-5-11-24(22)36-26/h2-5,8-15H,6-7,16-19H2,1H3,(H-,29,30,31,32,33,34)/p+1. The zero-order chi connectivity index (χ0) is 27.3. The van der Waals surface area contributed by atoms with Crippen LogP contribution in [0.2, 0.25) is 0 Å². The van der Waals surface area contributed by atoms with Crippen molar-refractivity contribution < 1.29 is 30.5 Å². The first kappa shape index (κ1) is 28.5. The third kappa shape index (κ3) is 7.78. The molecule has 12 heteroatoms. The third-order valence-corrected chi connectivity index (χ3v) is 9.69. The number of thioether (sulfide) groups is 1. The lowest BCUT2D eigenvalue weighted by Gasteiger charge is -2.19. The Morgan fingerprint density at radius 3 is 2.42 bits per heavy atom. The van der Waals surface area contributed by atoms with Gasteiger partial charge >= 0.3 is 0 Å². The molecule has 0 spiro atoms. The number of para-hydroxylation sites is 2. The zero-order valence-corrected chi connectivity index (χ0v) is 24.0. The van der Waals surface area contributed by atoms with Crippen molar-refractivity contribution in [3.8, 4) is 0 Å². The van der Waals surface area contributed by atoms with Crippen LogP contribution in [-0.2, 0) is 26.8 Å². The van der Waals surface area contributed by atoms with E-state index in [9.17, 15) is 16.8 Å². The number of hydrogen-bond acceptors (Lipinski definition) is 7. The summed E-state index contributed by atoms with van der Waals surface area (Å²) in [4.78, 5) is 3.15. The number of allylic oxidation sites excluding steroid dienone is 4. The Bertz CT molecular complexity index is 1620. The monoisotopic (exact) mass is 593 g/mol. The van der Waals surface area contributed by atoms with Crippen LogP contribution >= 0.6 is 23.1 Å². The van der Waals surface area contributed by atoms with Crippen molar-refractivity contribution in [3.05, 3.63) is 82.4 Å². The third-order valence-electron chi connectivity index (χ3n) is 5.82. The molecule has 4 rings (SSSR count). The second kappa shape index (κ2) is 12.1. The van der Waals surface area contributed by atoms with Gasteiger partial charge in [0.2, 0.25) is 5.52 Å². The van der Waals surface area contributed by atoms with Crippen LogP contribution in [0.5, 0.6) is 0 Å². The van der Waals surface area contributed by atoms with Gasteiger partial charge in [0.05, 0.1) is 22.2 Å². The number of benzene rings is 2. The van der Waals surface area contributed by atoms with E-state index < -0.39 is 20.2 Å². The maximum atomic E-state index is 11.2. The fourth-order valence-electron chi connectivity index (χ4n) is 4.09. The lowest BCUT2D eigenvalue weighted by atomic mass is 10.2. The molecule has 38 heavy (non-hydrogen) atoms. The van der Waals surface area contributed by atoms with E-state index >= 15 is 0 Å². The van der Waals surface area contributed by atoms with Crippen LogP contribution < -0.4 is 9.47 Å². The van der Waals surface area contributed by atoms with E-state index in [1.807, 2.05) is 79.8 Å². The van der Waals surface area contributed by atoms with Gasteiger partial charge < -0.3 is 4.90 Å². The molecule has 0 aliphatic carbocycles. The summed E-state index contributed by atoms with van der Waals surface area (Å²) in [5.41, 5.74) is 3.02. The van der Waals surface area contributed by atoms with E-state index in [1.54, 1.807) is 23.1 Å². The summed E-state index contributed by atoms with van der Waals surface area (Å²) < 4.78 is 66.1. The van der Waals surface area contributed by atoms with Crippen molar-refractivity contribution in [1.82, 2.24) is 0 Å². The Morgan fingerprint density at radius 1 is 0.974 bits per heavy atom. The Kier molecular flexibility index (Phi) is 9.11. The summed E-state index contributed by atoms with van der Waals surface area (Å²) >= 11 is 3.22. The van der Waals surface area contributed by atoms with E-state index in [0.29, 0.717) is 25.9 Å². The fourth-order valence-corrected chi connectivity index (χ4v) is 7.26. The number of nitrogens with zero attached hydrogens (tertiary/aromatic N) is 2. The van der Waals surface area contributed by atoms with Crippen LogP contribution in [-0.4, -0.2) is 44.0 Å². The molecule has 2 aromatic carbocycles. The van der Waals surface area contributed by atoms with Crippen LogP contribution in [0.15, 0.2) is 82.3 Å². The van der Waals surface area contributed by atoms with Crippen LogP contribution in [0, 0.1) is 0 Å². The van der Waals surface area contributed by atoms with Gasteiger partial charge in [-0.1, -0.05) is 65.1 Å². The minimum Gasteiger partial charge on any atom is -0.335 e. The van der Waals surface area contributed by atoms with Gasteiger partial charge in [-0.25, -0.2) is 0 Å². The zero-order valence-electron chi connectivity index (χ0n) is 20.7. The molecule has 2 heterocycles. The topological polar surface area (TPSA) is 116 Å². The summed E-state index contributed by atoms with van der Waals surface area (Å²) in [7, 11) is -8.03. The number of aryl methyl sites for hydroxylation is 1. The summed E-state index contributed by atoms with van der Waals surface area (Å²) in [6.45, 7) is 2.91. The summed E-state index contributed by atoms with van der Waals surface area (Å²) in [6, 6.07) is 15.8. The molecular weight excluding hydrogens is 565 g/mol. The lowest BCUT2D eigenvalue weighted by Crippen LogP contribution is -2.35. The number of anilines is 1. The van der Waals surface area contributed by atoms with Crippen molar-refractivity contribution in [2.75, 3.05) is 23.0 Å². The van der Waals surface area contributed by atoms with Gasteiger partial charge in [-0.15, -0.1) is 0 Å². The highest BCUT2D eigenvalue weighted by Gasteiger charge is 2.24. The molecule has 202 valence electrons.